The third-order valence-corrected chi connectivity index (χ3v) is 3.82. The zero-order valence-corrected chi connectivity index (χ0v) is 11.9. The van der Waals surface area contributed by atoms with Crippen LogP contribution in [0.5, 0.6) is 0 Å². The van der Waals surface area contributed by atoms with Gasteiger partial charge in [0, 0.05) is 0 Å². The normalized spacial score (nSPS) is 12.4. The maximum Gasteiger partial charge on any atom is -0.000812 e. The van der Waals surface area contributed by atoms with E-state index in [1.807, 2.05) is 0 Å². The van der Waals surface area contributed by atoms with Crippen molar-refractivity contribution in [1.29, 1.82) is 0 Å². The first-order valence-corrected chi connectivity index (χ1v) is 7.02. The molecule has 2 aromatic rings. The predicted octanol–water partition coefficient (Wildman–Crippen LogP) is 3.98. The Morgan fingerprint density at radius 3 is 2.42 bits per heavy atom. The maximum absolute atomic E-state index is 5.94. The summed E-state index contributed by atoms with van der Waals surface area (Å²) >= 11 is 0. The van der Waals surface area contributed by atoms with Gasteiger partial charge in [0.15, 0.2) is 0 Å². The van der Waals surface area contributed by atoms with E-state index in [0.717, 1.165) is 19.4 Å². The molecule has 0 aromatic heterocycles. The van der Waals surface area contributed by atoms with Gasteiger partial charge in [-0.05, 0) is 55.8 Å². The van der Waals surface area contributed by atoms with E-state index in [4.69, 9.17) is 5.73 Å². The van der Waals surface area contributed by atoms with Crippen molar-refractivity contribution in [2.45, 2.75) is 32.6 Å². The monoisotopic (exact) mass is 253 g/mol. The molecule has 2 rings (SSSR count). The summed E-state index contributed by atoms with van der Waals surface area (Å²) in [6, 6.07) is 17.3. The molecule has 0 spiro atoms. The second-order valence-electron chi connectivity index (χ2n) is 5.31. The molecule has 19 heavy (non-hydrogen) atoms. The van der Waals surface area contributed by atoms with Crippen molar-refractivity contribution in [1.82, 2.24) is 0 Å². The van der Waals surface area contributed by atoms with E-state index in [1.165, 1.54) is 22.3 Å². The molecule has 1 heteroatoms. The van der Waals surface area contributed by atoms with Gasteiger partial charge in [-0.3, -0.25) is 0 Å². The SMILES string of the molecule is Cc1ccc(C)c(CCC(CN)c2ccccc2)c1. The Hall–Kier alpha value is -1.60. The third kappa shape index (κ3) is 3.68. The summed E-state index contributed by atoms with van der Waals surface area (Å²) in [6.07, 6.45) is 2.22. The summed E-state index contributed by atoms with van der Waals surface area (Å²) in [5.41, 5.74) is 11.5. The van der Waals surface area contributed by atoms with E-state index >= 15 is 0 Å². The fourth-order valence-electron chi connectivity index (χ4n) is 2.55. The molecule has 1 atom stereocenters. The van der Waals surface area contributed by atoms with Gasteiger partial charge in [0.05, 0.1) is 0 Å². The summed E-state index contributed by atoms with van der Waals surface area (Å²) in [5, 5.41) is 0. The van der Waals surface area contributed by atoms with E-state index in [-0.39, 0.29) is 0 Å². The van der Waals surface area contributed by atoms with Crippen LogP contribution < -0.4 is 5.73 Å². The lowest BCUT2D eigenvalue weighted by molar-refractivity contribution is 0.632. The molecule has 0 aliphatic heterocycles. The van der Waals surface area contributed by atoms with Crippen LogP contribution in [0, 0.1) is 13.8 Å². The fraction of sp³-hybridized carbons (Fsp3) is 0.333. The van der Waals surface area contributed by atoms with Crippen LogP contribution in [0.1, 0.15) is 34.6 Å². The minimum atomic E-state index is 0.459. The van der Waals surface area contributed by atoms with Gasteiger partial charge in [-0.15, -0.1) is 0 Å². The number of aryl methyl sites for hydroxylation is 3. The number of nitrogens with two attached hydrogens (primary N) is 1. The molecule has 0 saturated heterocycles. The topological polar surface area (TPSA) is 26.0 Å². The Bertz CT molecular complexity index is 516. The molecule has 0 bridgehead atoms. The van der Waals surface area contributed by atoms with Crippen LogP contribution in [-0.4, -0.2) is 6.54 Å². The molecule has 1 nitrogen and oxygen atoms in total. The van der Waals surface area contributed by atoms with Crippen LogP contribution in [0.25, 0.3) is 0 Å². The minimum Gasteiger partial charge on any atom is -0.330 e. The first-order chi connectivity index (χ1) is 9.20. The van der Waals surface area contributed by atoms with Gasteiger partial charge < -0.3 is 5.73 Å². The third-order valence-electron chi connectivity index (χ3n) is 3.82. The average Bonchev–Trinajstić information content (AvgIpc) is 2.44. The molecule has 0 fully saturated rings. The zero-order valence-electron chi connectivity index (χ0n) is 11.9. The fourth-order valence-corrected chi connectivity index (χ4v) is 2.55. The number of hydrogen-bond donors (Lipinski definition) is 1. The van der Waals surface area contributed by atoms with Gasteiger partial charge in [0.1, 0.15) is 0 Å². The summed E-state index contributed by atoms with van der Waals surface area (Å²) in [4.78, 5) is 0. The highest BCUT2D eigenvalue weighted by Gasteiger charge is 2.10. The van der Waals surface area contributed by atoms with Gasteiger partial charge in [-0.1, -0.05) is 54.1 Å². The van der Waals surface area contributed by atoms with E-state index < -0.39 is 0 Å². The Labute approximate surface area is 116 Å². The Balaban J connectivity index is 2.06. The van der Waals surface area contributed by atoms with Crippen molar-refractivity contribution in [3.8, 4) is 0 Å². The van der Waals surface area contributed by atoms with Crippen molar-refractivity contribution >= 4 is 0 Å². The Morgan fingerprint density at radius 2 is 1.74 bits per heavy atom. The standard InChI is InChI=1S/C18H23N/c1-14-8-9-15(2)17(12-14)10-11-18(13-19)16-6-4-3-5-7-16/h3-9,12,18H,10-11,13,19H2,1-2H3. The predicted molar refractivity (Wildman–Crippen MR) is 82.5 cm³/mol. The van der Waals surface area contributed by atoms with Crippen molar-refractivity contribution in [2.75, 3.05) is 6.54 Å². The van der Waals surface area contributed by atoms with Crippen LogP contribution >= 0.6 is 0 Å². The molecule has 0 heterocycles. The van der Waals surface area contributed by atoms with Crippen LogP contribution in [0.3, 0.4) is 0 Å². The lowest BCUT2D eigenvalue weighted by Gasteiger charge is -2.16. The number of benzene rings is 2. The van der Waals surface area contributed by atoms with Crippen molar-refractivity contribution in [3.05, 3.63) is 70.8 Å². The summed E-state index contributed by atoms with van der Waals surface area (Å²) < 4.78 is 0. The van der Waals surface area contributed by atoms with E-state index in [9.17, 15) is 0 Å². The van der Waals surface area contributed by atoms with E-state index in [0.29, 0.717) is 5.92 Å². The first-order valence-electron chi connectivity index (χ1n) is 7.02. The summed E-state index contributed by atoms with van der Waals surface area (Å²) in [6.45, 7) is 5.06. The van der Waals surface area contributed by atoms with Crippen molar-refractivity contribution in [2.24, 2.45) is 5.73 Å². The van der Waals surface area contributed by atoms with E-state index in [2.05, 4.69) is 62.4 Å². The Kier molecular flexibility index (Phi) is 4.75. The van der Waals surface area contributed by atoms with Gasteiger partial charge in [0.2, 0.25) is 0 Å². The van der Waals surface area contributed by atoms with Crippen molar-refractivity contribution in [3.63, 3.8) is 0 Å². The second kappa shape index (κ2) is 6.53. The van der Waals surface area contributed by atoms with Crippen LogP contribution in [0.4, 0.5) is 0 Å². The molecule has 1 unspecified atom stereocenters. The van der Waals surface area contributed by atoms with Gasteiger partial charge in [-0.25, -0.2) is 0 Å². The molecule has 0 radical (unpaired) electrons. The maximum atomic E-state index is 5.94. The lowest BCUT2D eigenvalue weighted by atomic mass is 9.91. The van der Waals surface area contributed by atoms with Crippen LogP contribution in [0.2, 0.25) is 0 Å². The quantitative estimate of drug-likeness (QED) is 0.857. The lowest BCUT2D eigenvalue weighted by Crippen LogP contribution is -2.13. The van der Waals surface area contributed by atoms with Gasteiger partial charge >= 0.3 is 0 Å². The molecule has 2 N–H and O–H groups in total. The summed E-state index contributed by atoms with van der Waals surface area (Å²) in [7, 11) is 0. The smallest absolute Gasteiger partial charge is 0.000812 e. The van der Waals surface area contributed by atoms with Gasteiger partial charge in [-0.2, -0.15) is 0 Å². The molecule has 0 aliphatic rings. The largest absolute Gasteiger partial charge is 0.330 e. The van der Waals surface area contributed by atoms with Crippen LogP contribution in [0.15, 0.2) is 48.5 Å². The molecule has 0 amide bonds. The zero-order chi connectivity index (χ0) is 13.7. The highest BCUT2D eigenvalue weighted by Crippen LogP contribution is 2.22. The average molecular weight is 253 g/mol. The highest BCUT2D eigenvalue weighted by molar-refractivity contribution is 5.31. The summed E-state index contributed by atoms with van der Waals surface area (Å²) in [5.74, 6) is 0.459. The molecular formula is C18H23N. The Morgan fingerprint density at radius 1 is 1.00 bits per heavy atom. The van der Waals surface area contributed by atoms with Gasteiger partial charge in [0.25, 0.3) is 0 Å². The second-order valence-corrected chi connectivity index (χ2v) is 5.31. The van der Waals surface area contributed by atoms with Crippen molar-refractivity contribution < 1.29 is 0 Å². The first kappa shape index (κ1) is 13.8. The molecular weight excluding hydrogens is 230 g/mol. The molecule has 100 valence electrons. The van der Waals surface area contributed by atoms with E-state index in [1.54, 1.807) is 0 Å². The highest BCUT2D eigenvalue weighted by atomic mass is 14.5. The van der Waals surface area contributed by atoms with Crippen LogP contribution in [-0.2, 0) is 6.42 Å². The number of hydrogen-bond acceptors (Lipinski definition) is 1. The molecule has 0 saturated carbocycles. The number of rotatable bonds is 5. The minimum absolute atomic E-state index is 0.459. The molecule has 2 aromatic carbocycles. The molecule has 0 aliphatic carbocycles.